The second-order valence-corrected chi connectivity index (χ2v) is 6.27. The average molecular weight is 311 g/mol. The van der Waals surface area contributed by atoms with E-state index >= 15 is 0 Å². The minimum Gasteiger partial charge on any atom is -0.467 e. The minimum absolute atomic E-state index is 0.194. The molecular weight excluding hydrogens is 288 g/mol. The first-order valence-electron chi connectivity index (χ1n) is 7.33. The predicted molar refractivity (Wildman–Crippen MR) is 85.8 cm³/mol. The summed E-state index contributed by atoms with van der Waals surface area (Å²) in [6.45, 7) is 6.12. The molecule has 1 aliphatic rings. The maximum atomic E-state index is 12.3. The molecule has 1 aromatic carbocycles. The molecule has 1 aliphatic heterocycles. The molecule has 0 amide bonds. The summed E-state index contributed by atoms with van der Waals surface area (Å²) in [6.07, 6.45) is 1.47. The number of hydrogen-bond acceptors (Lipinski definition) is 4. The van der Waals surface area contributed by atoms with Gasteiger partial charge in [0.25, 0.3) is 0 Å². The molecule has 4 nitrogen and oxygen atoms in total. The molecule has 1 saturated heterocycles. The zero-order valence-electron chi connectivity index (χ0n) is 12.9. The normalized spacial score (nSPS) is 18.5. The van der Waals surface area contributed by atoms with Crippen molar-refractivity contribution >= 4 is 23.3 Å². The second kappa shape index (κ2) is 6.67. The van der Waals surface area contributed by atoms with Crippen LogP contribution in [0.3, 0.4) is 0 Å². The number of nitrogens with zero attached hydrogens (tertiary/aromatic N) is 1. The summed E-state index contributed by atoms with van der Waals surface area (Å²) in [4.78, 5) is 14.7. The lowest BCUT2D eigenvalue weighted by Crippen LogP contribution is -2.56. The zero-order chi connectivity index (χ0) is 15.5. The molecule has 5 heteroatoms. The molecule has 0 atom stereocenters. The molecule has 1 aromatic rings. The number of piperidine rings is 1. The van der Waals surface area contributed by atoms with Gasteiger partial charge in [0, 0.05) is 29.8 Å². The van der Waals surface area contributed by atoms with E-state index in [0.717, 1.165) is 31.6 Å². The van der Waals surface area contributed by atoms with Crippen molar-refractivity contribution in [3.63, 3.8) is 0 Å². The molecule has 21 heavy (non-hydrogen) atoms. The number of ether oxygens (including phenoxy) is 1. The molecule has 0 spiro atoms. The fraction of sp³-hybridized carbons (Fsp3) is 0.562. The Morgan fingerprint density at radius 3 is 2.33 bits per heavy atom. The summed E-state index contributed by atoms with van der Waals surface area (Å²) < 4.78 is 5.04. The average Bonchev–Trinajstić information content (AvgIpc) is 2.49. The van der Waals surface area contributed by atoms with Crippen LogP contribution in [0.1, 0.15) is 26.7 Å². The largest absolute Gasteiger partial charge is 0.467 e. The molecule has 0 saturated carbocycles. The van der Waals surface area contributed by atoms with Gasteiger partial charge in [0.2, 0.25) is 0 Å². The molecule has 2 rings (SSSR count). The summed E-state index contributed by atoms with van der Waals surface area (Å²) in [6, 6.07) is 7.91. The summed E-state index contributed by atoms with van der Waals surface area (Å²) >= 11 is 5.91. The summed E-state index contributed by atoms with van der Waals surface area (Å²) in [5, 5.41) is 4.05. The molecule has 0 unspecified atom stereocenters. The van der Waals surface area contributed by atoms with E-state index in [1.54, 1.807) is 0 Å². The third-order valence-electron chi connectivity index (χ3n) is 4.19. The van der Waals surface area contributed by atoms with Crippen molar-refractivity contribution in [1.82, 2.24) is 4.90 Å². The van der Waals surface area contributed by atoms with Crippen molar-refractivity contribution in [1.29, 1.82) is 0 Å². The molecule has 0 aromatic heterocycles. The Balaban J connectivity index is 2.15. The molecular formula is C16H23ClN2O2. The lowest BCUT2D eigenvalue weighted by Gasteiger charge is -2.42. The van der Waals surface area contributed by atoms with Crippen LogP contribution in [0.5, 0.6) is 0 Å². The van der Waals surface area contributed by atoms with Crippen molar-refractivity contribution in [3.8, 4) is 0 Å². The zero-order valence-corrected chi connectivity index (χ0v) is 13.6. The number of methoxy groups -OCH3 is 1. The van der Waals surface area contributed by atoms with Crippen LogP contribution in [0, 0.1) is 0 Å². The van der Waals surface area contributed by atoms with E-state index < -0.39 is 5.54 Å². The van der Waals surface area contributed by atoms with Crippen molar-refractivity contribution in [3.05, 3.63) is 29.3 Å². The summed E-state index contributed by atoms with van der Waals surface area (Å²) in [5.41, 5.74) is 0.247. The highest BCUT2D eigenvalue weighted by Crippen LogP contribution is 2.29. The quantitative estimate of drug-likeness (QED) is 0.867. The molecule has 1 heterocycles. The van der Waals surface area contributed by atoms with Gasteiger partial charge >= 0.3 is 5.97 Å². The van der Waals surface area contributed by atoms with Crippen LogP contribution >= 0.6 is 11.6 Å². The number of benzene rings is 1. The van der Waals surface area contributed by atoms with E-state index in [1.165, 1.54) is 7.11 Å². The van der Waals surface area contributed by atoms with Crippen LogP contribution in [0.2, 0.25) is 5.02 Å². The van der Waals surface area contributed by atoms with E-state index in [0.29, 0.717) is 11.1 Å². The number of carbonyl (C=O) groups is 1. The van der Waals surface area contributed by atoms with Gasteiger partial charge in [0.05, 0.1) is 7.11 Å². The van der Waals surface area contributed by atoms with E-state index in [4.69, 9.17) is 16.3 Å². The maximum absolute atomic E-state index is 12.3. The first kappa shape index (κ1) is 16.1. The van der Waals surface area contributed by atoms with Crippen LogP contribution in [0.25, 0.3) is 0 Å². The van der Waals surface area contributed by atoms with Crippen molar-refractivity contribution in [2.75, 3.05) is 25.5 Å². The van der Waals surface area contributed by atoms with Gasteiger partial charge in [0.1, 0.15) is 5.54 Å². The van der Waals surface area contributed by atoms with Gasteiger partial charge in [-0.1, -0.05) is 11.6 Å². The lowest BCUT2D eigenvalue weighted by molar-refractivity contribution is -0.148. The fourth-order valence-corrected chi connectivity index (χ4v) is 2.93. The molecule has 0 bridgehead atoms. The maximum Gasteiger partial charge on any atom is 0.331 e. The standard InChI is InChI=1S/C16H23ClN2O2/c1-12(2)19-10-8-16(9-11-19,15(20)21-3)18-14-6-4-13(17)5-7-14/h4-7,12,18H,8-11H2,1-3H3. The van der Waals surface area contributed by atoms with Gasteiger partial charge in [-0.15, -0.1) is 0 Å². The molecule has 1 N–H and O–H groups in total. The van der Waals surface area contributed by atoms with Crippen LogP contribution in [-0.4, -0.2) is 42.6 Å². The molecule has 116 valence electrons. The first-order chi connectivity index (χ1) is 9.97. The van der Waals surface area contributed by atoms with Gasteiger partial charge in [0.15, 0.2) is 0 Å². The number of anilines is 1. The predicted octanol–water partition coefficient (Wildman–Crippen LogP) is 3.17. The number of nitrogens with one attached hydrogen (secondary N) is 1. The highest BCUT2D eigenvalue weighted by Gasteiger charge is 2.42. The smallest absolute Gasteiger partial charge is 0.331 e. The van der Waals surface area contributed by atoms with Gasteiger partial charge in [-0.3, -0.25) is 0 Å². The molecule has 1 fully saturated rings. The number of likely N-dealkylation sites (tertiary alicyclic amines) is 1. The van der Waals surface area contributed by atoms with E-state index in [-0.39, 0.29) is 5.97 Å². The van der Waals surface area contributed by atoms with Gasteiger partial charge < -0.3 is 15.0 Å². The number of halogens is 1. The number of carbonyl (C=O) groups excluding carboxylic acids is 1. The topological polar surface area (TPSA) is 41.6 Å². The van der Waals surface area contributed by atoms with Crippen molar-refractivity contribution in [2.24, 2.45) is 0 Å². The monoisotopic (exact) mass is 310 g/mol. The van der Waals surface area contributed by atoms with E-state index in [2.05, 4.69) is 24.1 Å². The third kappa shape index (κ3) is 3.69. The van der Waals surface area contributed by atoms with E-state index in [9.17, 15) is 4.79 Å². The third-order valence-corrected chi connectivity index (χ3v) is 4.44. The minimum atomic E-state index is -0.645. The van der Waals surface area contributed by atoms with Gasteiger partial charge in [-0.05, 0) is 51.0 Å². The lowest BCUT2D eigenvalue weighted by atomic mass is 9.86. The highest BCUT2D eigenvalue weighted by molar-refractivity contribution is 6.30. The highest BCUT2D eigenvalue weighted by atomic mass is 35.5. The summed E-state index contributed by atoms with van der Waals surface area (Å²) in [7, 11) is 1.45. The Hall–Kier alpha value is -1.26. The Morgan fingerprint density at radius 2 is 1.86 bits per heavy atom. The fourth-order valence-electron chi connectivity index (χ4n) is 2.81. The number of esters is 1. The number of hydrogen-bond donors (Lipinski definition) is 1. The van der Waals surface area contributed by atoms with Crippen molar-refractivity contribution in [2.45, 2.75) is 38.3 Å². The van der Waals surface area contributed by atoms with Gasteiger partial charge in [-0.2, -0.15) is 0 Å². The van der Waals surface area contributed by atoms with Crippen molar-refractivity contribution < 1.29 is 9.53 Å². The molecule has 0 radical (unpaired) electrons. The Bertz CT molecular complexity index is 480. The Kier molecular flexibility index (Phi) is 5.12. The van der Waals surface area contributed by atoms with Gasteiger partial charge in [-0.25, -0.2) is 4.79 Å². The Labute approximate surface area is 131 Å². The van der Waals surface area contributed by atoms with Crippen LogP contribution in [0.15, 0.2) is 24.3 Å². The van der Waals surface area contributed by atoms with Crippen LogP contribution in [-0.2, 0) is 9.53 Å². The van der Waals surface area contributed by atoms with E-state index in [1.807, 2.05) is 24.3 Å². The number of rotatable bonds is 4. The summed E-state index contributed by atoms with van der Waals surface area (Å²) in [5.74, 6) is -0.194. The molecule has 0 aliphatic carbocycles. The second-order valence-electron chi connectivity index (χ2n) is 5.84. The SMILES string of the molecule is COC(=O)C1(Nc2ccc(Cl)cc2)CCN(C(C)C)CC1. The first-order valence-corrected chi connectivity index (χ1v) is 7.71. The van der Waals surface area contributed by atoms with Crippen LogP contribution < -0.4 is 5.32 Å². The Morgan fingerprint density at radius 1 is 1.29 bits per heavy atom. The van der Waals surface area contributed by atoms with Crippen LogP contribution in [0.4, 0.5) is 5.69 Å².